The summed E-state index contributed by atoms with van der Waals surface area (Å²) in [5.74, 6) is -0.702. The lowest BCUT2D eigenvalue weighted by atomic mass is 9.84. The molecule has 23 heavy (non-hydrogen) atoms. The summed E-state index contributed by atoms with van der Waals surface area (Å²) in [6, 6.07) is 6.33. The zero-order chi connectivity index (χ0) is 17.2. The Balaban J connectivity index is 2.16. The Morgan fingerprint density at radius 3 is 2.30 bits per heavy atom. The van der Waals surface area contributed by atoms with Gasteiger partial charge in [0.1, 0.15) is 6.04 Å². The first-order valence-corrected chi connectivity index (χ1v) is 8.57. The number of piperazine rings is 1. The maximum atomic E-state index is 11.3. The van der Waals surface area contributed by atoms with E-state index in [-0.39, 0.29) is 11.5 Å². The summed E-state index contributed by atoms with van der Waals surface area (Å²) >= 11 is 0. The van der Waals surface area contributed by atoms with Gasteiger partial charge in [-0.15, -0.1) is 0 Å². The molecule has 4 heteroatoms. The molecule has 4 nitrogen and oxygen atoms in total. The van der Waals surface area contributed by atoms with Crippen LogP contribution in [-0.2, 0) is 10.2 Å². The third-order valence-corrected chi connectivity index (χ3v) is 4.73. The second-order valence-electron chi connectivity index (χ2n) is 7.56. The Hall–Kier alpha value is -1.55. The van der Waals surface area contributed by atoms with Crippen molar-refractivity contribution in [2.24, 2.45) is 0 Å². The fourth-order valence-electron chi connectivity index (χ4n) is 3.39. The molecule has 1 saturated heterocycles. The summed E-state index contributed by atoms with van der Waals surface area (Å²) in [7, 11) is 0. The van der Waals surface area contributed by atoms with E-state index in [1.807, 2.05) is 6.92 Å². The average molecular weight is 318 g/mol. The van der Waals surface area contributed by atoms with Gasteiger partial charge < -0.3 is 10.0 Å². The van der Waals surface area contributed by atoms with E-state index < -0.39 is 5.97 Å². The van der Waals surface area contributed by atoms with Gasteiger partial charge in [-0.25, -0.2) is 0 Å². The van der Waals surface area contributed by atoms with Crippen LogP contribution in [-0.4, -0.2) is 48.2 Å². The molecule has 0 aromatic heterocycles. The fourth-order valence-corrected chi connectivity index (χ4v) is 3.39. The van der Waals surface area contributed by atoms with Crippen molar-refractivity contribution in [1.82, 2.24) is 4.90 Å². The highest BCUT2D eigenvalue weighted by Crippen LogP contribution is 2.33. The first kappa shape index (κ1) is 17.8. The van der Waals surface area contributed by atoms with Crippen molar-refractivity contribution in [2.75, 3.05) is 31.1 Å². The monoisotopic (exact) mass is 318 g/mol. The van der Waals surface area contributed by atoms with Gasteiger partial charge in [0, 0.05) is 31.9 Å². The number of hydrogen-bond donors (Lipinski definition) is 1. The average Bonchev–Trinajstić information content (AvgIpc) is 2.47. The number of carboxylic acid groups (broad SMARTS) is 1. The minimum absolute atomic E-state index is 0.103. The molecule has 1 fully saturated rings. The molecule has 2 rings (SSSR count). The SMILES string of the molecule is CCC(C(=O)O)N1CCN(c2ccc(C)cc2C(C)(C)C)CC1. The predicted molar refractivity (Wildman–Crippen MR) is 95.4 cm³/mol. The number of anilines is 1. The first-order chi connectivity index (χ1) is 10.7. The molecular formula is C19H30N2O2. The van der Waals surface area contributed by atoms with Gasteiger partial charge in [0.15, 0.2) is 0 Å². The molecule has 0 spiro atoms. The second-order valence-corrected chi connectivity index (χ2v) is 7.56. The standard InChI is InChI=1S/C19H30N2O2/c1-6-16(18(22)23)20-9-11-21(12-10-20)17-8-7-14(2)13-15(17)19(3,4)5/h7-8,13,16H,6,9-12H2,1-5H3,(H,22,23). The van der Waals surface area contributed by atoms with Crippen LogP contribution in [0.3, 0.4) is 0 Å². The molecule has 1 heterocycles. The molecule has 1 aromatic carbocycles. The number of aryl methyl sites for hydroxylation is 1. The second kappa shape index (κ2) is 6.91. The van der Waals surface area contributed by atoms with Gasteiger partial charge in [0.05, 0.1) is 0 Å². The van der Waals surface area contributed by atoms with Crippen molar-refractivity contribution in [3.05, 3.63) is 29.3 Å². The normalized spacial score (nSPS) is 18.0. The molecule has 0 aliphatic carbocycles. The summed E-state index contributed by atoms with van der Waals surface area (Å²) in [4.78, 5) is 15.9. The van der Waals surface area contributed by atoms with Gasteiger partial charge in [-0.3, -0.25) is 9.69 Å². The van der Waals surface area contributed by atoms with Crippen molar-refractivity contribution in [1.29, 1.82) is 0 Å². The minimum Gasteiger partial charge on any atom is -0.480 e. The van der Waals surface area contributed by atoms with Crippen LogP contribution in [0.5, 0.6) is 0 Å². The highest BCUT2D eigenvalue weighted by molar-refractivity contribution is 5.73. The van der Waals surface area contributed by atoms with Crippen LogP contribution in [0.15, 0.2) is 18.2 Å². The summed E-state index contributed by atoms with van der Waals surface area (Å²) in [6.45, 7) is 14.2. The van der Waals surface area contributed by atoms with E-state index >= 15 is 0 Å². The van der Waals surface area contributed by atoms with Gasteiger partial charge in [-0.05, 0) is 30.4 Å². The summed E-state index contributed by atoms with van der Waals surface area (Å²) in [5, 5.41) is 9.33. The van der Waals surface area contributed by atoms with Gasteiger partial charge in [-0.2, -0.15) is 0 Å². The number of rotatable bonds is 4. The number of carboxylic acids is 1. The number of benzene rings is 1. The Labute approximate surface area is 140 Å². The van der Waals surface area contributed by atoms with E-state index in [1.54, 1.807) is 0 Å². The fraction of sp³-hybridized carbons (Fsp3) is 0.632. The van der Waals surface area contributed by atoms with Crippen molar-refractivity contribution < 1.29 is 9.90 Å². The smallest absolute Gasteiger partial charge is 0.320 e. The number of carbonyl (C=O) groups is 1. The molecule has 1 aromatic rings. The maximum Gasteiger partial charge on any atom is 0.320 e. The molecule has 1 unspecified atom stereocenters. The van der Waals surface area contributed by atoms with Gasteiger partial charge in [-0.1, -0.05) is 45.4 Å². The topological polar surface area (TPSA) is 43.8 Å². The Morgan fingerprint density at radius 2 is 1.83 bits per heavy atom. The molecule has 0 bridgehead atoms. The van der Waals surface area contributed by atoms with Crippen molar-refractivity contribution in [3.63, 3.8) is 0 Å². The van der Waals surface area contributed by atoms with Crippen LogP contribution in [0, 0.1) is 6.92 Å². The predicted octanol–water partition coefficient (Wildman–Crippen LogP) is 3.28. The van der Waals surface area contributed by atoms with Gasteiger partial charge >= 0.3 is 5.97 Å². The highest BCUT2D eigenvalue weighted by atomic mass is 16.4. The van der Waals surface area contributed by atoms with E-state index in [2.05, 4.69) is 55.7 Å². The molecule has 128 valence electrons. The van der Waals surface area contributed by atoms with Crippen LogP contribution in [0.2, 0.25) is 0 Å². The van der Waals surface area contributed by atoms with Crippen LogP contribution in [0.4, 0.5) is 5.69 Å². The molecule has 0 saturated carbocycles. The quantitative estimate of drug-likeness (QED) is 0.925. The summed E-state index contributed by atoms with van der Waals surface area (Å²) < 4.78 is 0. The summed E-state index contributed by atoms with van der Waals surface area (Å²) in [5.41, 5.74) is 4.06. The van der Waals surface area contributed by atoms with Crippen LogP contribution < -0.4 is 4.90 Å². The highest BCUT2D eigenvalue weighted by Gasteiger charge is 2.29. The molecule has 0 amide bonds. The van der Waals surface area contributed by atoms with E-state index in [1.165, 1.54) is 16.8 Å². The third-order valence-electron chi connectivity index (χ3n) is 4.73. The van der Waals surface area contributed by atoms with Gasteiger partial charge in [0.25, 0.3) is 0 Å². The number of hydrogen-bond acceptors (Lipinski definition) is 3. The van der Waals surface area contributed by atoms with E-state index in [0.717, 1.165) is 26.2 Å². The van der Waals surface area contributed by atoms with Crippen molar-refractivity contribution in [2.45, 2.75) is 52.5 Å². The molecule has 1 aliphatic heterocycles. The van der Waals surface area contributed by atoms with E-state index in [0.29, 0.717) is 6.42 Å². The lowest BCUT2D eigenvalue weighted by molar-refractivity contribution is -0.143. The Kier molecular flexibility index (Phi) is 5.35. The molecule has 0 radical (unpaired) electrons. The lowest BCUT2D eigenvalue weighted by Gasteiger charge is -2.40. The maximum absolute atomic E-state index is 11.3. The zero-order valence-corrected chi connectivity index (χ0v) is 15.1. The zero-order valence-electron chi connectivity index (χ0n) is 15.1. The van der Waals surface area contributed by atoms with Crippen LogP contribution in [0.25, 0.3) is 0 Å². The van der Waals surface area contributed by atoms with E-state index in [4.69, 9.17) is 0 Å². The van der Waals surface area contributed by atoms with E-state index in [9.17, 15) is 9.90 Å². The molecule has 1 N–H and O–H groups in total. The van der Waals surface area contributed by atoms with Crippen molar-refractivity contribution >= 4 is 11.7 Å². The molecule has 1 atom stereocenters. The Bertz CT molecular complexity index is 555. The van der Waals surface area contributed by atoms with Crippen LogP contribution in [0.1, 0.15) is 45.2 Å². The minimum atomic E-state index is -0.702. The first-order valence-electron chi connectivity index (χ1n) is 8.57. The lowest BCUT2D eigenvalue weighted by Crippen LogP contribution is -2.52. The van der Waals surface area contributed by atoms with Crippen LogP contribution >= 0.6 is 0 Å². The Morgan fingerprint density at radius 1 is 1.22 bits per heavy atom. The number of aliphatic carboxylic acids is 1. The molecular weight excluding hydrogens is 288 g/mol. The summed E-state index contributed by atoms with van der Waals surface area (Å²) in [6.07, 6.45) is 0.660. The largest absolute Gasteiger partial charge is 0.480 e. The van der Waals surface area contributed by atoms with Gasteiger partial charge in [0.2, 0.25) is 0 Å². The third kappa shape index (κ3) is 4.05. The van der Waals surface area contributed by atoms with Crippen molar-refractivity contribution in [3.8, 4) is 0 Å². The number of nitrogens with zero attached hydrogens (tertiary/aromatic N) is 2. The molecule has 1 aliphatic rings.